The van der Waals surface area contributed by atoms with Crippen molar-refractivity contribution in [2.45, 2.75) is 46.3 Å². The number of para-hydroxylation sites is 1. The van der Waals surface area contributed by atoms with Gasteiger partial charge in [-0.1, -0.05) is 32.0 Å². The summed E-state index contributed by atoms with van der Waals surface area (Å²) in [5, 5.41) is 0. The van der Waals surface area contributed by atoms with E-state index in [4.69, 9.17) is 10.5 Å². The van der Waals surface area contributed by atoms with Gasteiger partial charge in [0.15, 0.2) is 0 Å². The van der Waals surface area contributed by atoms with Gasteiger partial charge in [0.25, 0.3) is 0 Å². The summed E-state index contributed by atoms with van der Waals surface area (Å²) >= 11 is 0. The number of rotatable bonds is 5. The highest BCUT2D eigenvalue weighted by Crippen LogP contribution is 2.25. The third-order valence-corrected chi connectivity index (χ3v) is 2.54. The van der Waals surface area contributed by atoms with E-state index in [1.54, 1.807) is 0 Å². The summed E-state index contributed by atoms with van der Waals surface area (Å²) in [5.74, 6) is 1.57. The van der Waals surface area contributed by atoms with Gasteiger partial charge < -0.3 is 10.5 Å². The Hall–Kier alpha value is -1.02. The van der Waals surface area contributed by atoms with E-state index in [0.717, 1.165) is 17.7 Å². The van der Waals surface area contributed by atoms with Crippen molar-refractivity contribution in [1.29, 1.82) is 0 Å². The number of nitrogens with two attached hydrogens (primary N) is 1. The maximum Gasteiger partial charge on any atom is 0.124 e. The molecule has 90 valence electrons. The molecule has 0 aliphatic carbocycles. The second-order valence-corrected chi connectivity index (χ2v) is 4.88. The smallest absolute Gasteiger partial charge is 0.124 e. The molecule has 2 atom stereocenters. The van der Waals surface area contributed by atoms with Crippen LogP contribution in [0, 0.1) is 5.92 Å². The van der Waals surface area contributed by atoms with Crippen LogP contribution < -0.4 is 10.5 Å². The van der Waals surface area contributed by atoms with E-state index in [1.807, 2.05) is 31.2 Å². The molecule has 16 heavy (non-hydrogen) atoms. The van der Waals surface area contributed by atoms with E-state index < -0.39 is 0 Å². The molecule has 1 rings (SSSR count). The van der Waals surface area contributed by atoms with Gasteiger partial charge in [-0.15, -0.1) is 0 Å². The molecule has 2 unspecified atom stereocenters. The van der Waals surface area contributed by atoms with E-state index in [1.165, 1.54) is 0 Å². The molecule has 0 radical (unpaired) electrons. The maximum atomic E-state index is 5.94. The van der Waals surface area contributed by atoms with Crippen LogP contribution in [-0.4, -0.2) is 6.10 Å². The number of hydrogen-bond acceptors (Lipinski definition) is 2. The first-order valence-electron chi connectivity index (χ1n) is 6.02. The molecule has 0 aliphatic rings. The highest BCUT2D eigenvalue weighted by Gasteiger charge is 2.11. The summed E-state index contributed by atoms with van der Waals surface area (Å²) < 4.78 is 5.94. The van der Waals surface area contributed by atoms with Crippen LogP contribution in [0.15, 0.2) is 24.3 Å². The van der Waals surface area contributed by atoms with Gasteiger partial charge in [-0.25, -0.2) is 0 Å². The molecule has 0 spiro atoms. The van der Waals surface area contributed by atoms with Crippen molar-refractivity contribution < 1.29 is 4.74 Å². The highest BCUT2D eigenvalue weighted by molar-refractivity contribution is 5.35. The second-order valence-electron chi connectivity index (χ2n) is 4.88. The van der Waals surface area contributed by atoms with Crippen molar-refractivity contribution in [1.82, 2.24) is 0 Å². The van der Waals surface area contributed by atoms with E-state index in [0.29, 0.717) is 5.92 Å². The van der Waals surface area contributed by atoms with Crippen LogP contribution in [-0.2, 0) is 0 Å². The van der Waals surface area contributed by atoms with Crippen molar-refractivity contribution in [2.75, 3.05) is 0 Å². The Morgan fingerprint density at radius 3 is 2.31 bits per heavy atom. The molecule has 2 heteroatoms. The van der Waals surface area contributed by atoms with Crippen LogP contribution >= 0.6 is 0 Å². The molecule has 0 aliphatic heterocycles. The molecule has 0 fully saturated rings. The molecule has 1 aromatic carbocycles. The van der Waals surface area contributed by atoms with Gasteiger partial charge in [0, 0.05) is 11.6 Å². The fraction of sp³-hybridized carbons (Fsp3) is 0.571. The molecule has 2 nitrogen and oxygen atoms in total. The average Bonchev–Trinajstić information content (AvgIpc) is 2.16. The van der Waals surface area contributed by atoms with Crippen molar-refractivity contribution >= 4 is 0 Å². The zero-order chi connectivity index (χ0) is 12.1. The Balaban J connectivity index is 2.72. The summed E-state index contributed by atoms with van der Waals surface area (Å²) in [6.45, 7) is 8.50. The van der Waals surface area contributed by atoms with Crippen molar-refractivity contribution in [3.63, 3.8) is 0 Å². The molecule has 0 bridgehead atoms. The third kappa shape index (κ3) is 3.86. The SMILES string of the molecule is CC(C)CC(C)Oc1ccccc1C(C)N. The summed E-state index contributed by atoms with van der Waals surface area (Å²) in [6.07, 6.45) is 1.30. The van der Waals surface area contributed by atoms with Gasteiger partial charge in [0.05, 0.1) is 6.10 Å². The van der Waals surface area contributed by atoms with Crippen molar-refractivity contribution in [3.05, 3.63) is 29.8 Å². The van der Waals surface area contributed by atoms with E-state index >= 15 is 0 Å². The lowest BCUT2D eigenvalue weighted by Crippen LogP contribution is -2.16. The van der Waals surface area contributed by atoms with E-state index in [-0.39, 0.29) is 12.1 Å². The summed E-state index contributed by atoms with van der Waals surface area (Å²) in [4.78, 5) is 0. The predicted molar refractivity (Wildman–Crippen MR) is 68.6 cm³/mol. The van der Waals surface area contributed by atoms with Gasteiger partial charge in [-0.2, -0.15) is 0 Å². The maximum absolute atomic E-state index is 5.94. The van der Waals surface area contributed by atoms with Crippen molar-refractivity contribution in [3.8, 4) is 5.75 Å². The zero-order valence-corrected chi connectivity index (χ0v) is 10.7. The minimum absolute atomic E-state index is 0.0162. The van der Waals surface area contributed by atoms with Crippen LogP contribution in [0.5, 0.6) is 5.75 Å². The predicted octanol–water partition coefficient (Wildman–Crippen LogP) is 3.52. The quantitative estimate of drug-likeness (QED) is 0.825. The largest absolute Gasteiger partial charge is 0.490 e. The molecular weight excluding hydrogens is 198 g/mol. The fourth-order valence-electron chi connectivity index (χ4n) is 1.89. The number of hydrogen-bond donors (Lipinski definition) is 1. The fourth-order valence-corrected chi connectivity index (χ4v) is 1.89. The van der Waals surface area contributed by atoms with E-state index in [2.05, 4.69) is 20.8 Å². The molecule has 0 amide bonds. The van der Waals surface area contributed by atoms with Crippen LogP contribution in [0.1, 0.15) is 45.7 Å². The Labute approximate surface area is 98.8 Å². The highest BCUT2D eigenvalue weighted by atomic mass is 16.5. The first-order chi connectivity index (χ1) is 7.50. The first kappa shape index (κ1) is 13.0. The lowest BCUT2D eigenvalue weighted by Gasteiger charge is -2.20. The number of benzene rings is 1. The molecule has 0 heterocycles. The standard InChI is InChI=1S/C14H23NO/c1-10(2)9-11(3)16-14-8-6-5-7-13(14)12(4)15/h5-8,10-12H,9,15H2,1-4H3. The average molecular weight is 221 g/mol. The van der Waals surface area contributed by atoms with Gasteiger partial charge >= 0.3 is 0 Å². The van der Waals surface area contributed by atoms with Crippen molar-refractivity contribution in [2.24, 2.45) is 11.7 Å². The van der Waals surface area contributed by atoms with Crippen LogP contribution in [0.2, 0.25) is 0 Å². The summed E-state index contributed by atoms with van der Waals surface area (Å²) in [7, 11) is 0. The molecule has 0 aromatic heterocycles. The molecule has 0 saturated carbocycles. The molecule has 0 saturated heterocycles. The topological polar surface area (TPSA) is 35.2 Å². The monoisotopic (exact) mass is 221 g/mol. The lowest BCUT2D eigenvalue weighted by atomic mass is 10.1. The summed E-state index contributed by atoms with van der Waals surface area (Å²) in [6, 6.07) is 8.03. The lowest BCUT2D eigenvalue weighted by molar-refractivity contribution is 0.191. The molecular formula is C14H23NO. The van der Waals surface area contributed by atoms with Crippen LogP contribution in [0.4, 0.5) is 0 Å². The zero-order valence-electron chi connectivity index (χ0n) is 10.7. The van der Waals surface area contributed by atoms with Crippen LogP contribution in [0.3, 0.4) is 0 Å². The second kappa shape index (κ2) is 5.90. The molecule has 1 aromatic rings. The van der Waals surface area contributed by atoms with Gasteiger partial charge in [0.2, 0.25) is 0 Å². The summed E-state index contributed by atoms with van der Waals surface area (Å²) in [5.41, 5.74) is 6.99. The minimum Gasteiger partial charge on any atom is -0.490 e. The molecule has 2 N–H and O–H groups in total. The third-order valence-electron chi connectivity index (χ3n) is 2.54. The Bertz CT molecular complexity index is 320. The van der Waals surface area contributed by atoms with Gasteiger partial charge in [0.1, 0.15) is 5.75 Å². The van der Waals surface area contributed by atoms with Gasteiger partial charge in [-0.05, 0) is 32.3 Å². The minimum atomic E-state index is 0.0162. The first-order valence-corrected chi connectivity index (χ1v) is 6.02. The van der Waals surface area contributed by atoms with Crippen LogP contribution in [0.25, 0.3) is 0 Å². The normalized spacial score (nSPS) is 14.9. The Morgan fingerprint density at radius 1 is 1.12 bits per heavy atom. The number of ether oxygens (including phenoxy) is 1. The van der Waals surface area contributed by atoms with E-state index in [9.17, 15) is 0 Å². The van der Waals surface area contributed by atoms with Gasteiger partial charge in [-0.3, -0.25) is 0 Å². The Kier molecular flexibility index (Phi) is 4.81. The Morgan fingerprint density at radius 2 is 1.75 bits per heavy atom.